The highest BCUT2D eigenvalue weighted by Crippen LogP contribution is 2.11. The smallest absolute Gasteiger partial charge is 0.0623 e. The van der Waals surface area contributed by atoms with Gasteiger partial charge in [0.05, 0.1) is 12.6 Å². The molecule has 52 valence electrons. The molecule has 2 N–H and O–H groups in total. The number of aliphatic hydroxyl groups is 1. The van der Waals surface area contributed by atoms with Gasteiger partial charge in [0.25, 0.3) is 0 Å². The Bertz CT molecular complexity index is 111. The van der Waals surface area contributed by atoms with Crippen LogP contribution in [0.1, 0.15) is 12.8 Å². The lowest BCUT2D eigenvalue weighted by Gasteiger charge is -2.23. The maximum Gasteiger partial charge on any atom is 0.0623 e. The molecule has 9 heavy (non-hydrogen) atoms. The Labute approximate surface area is 55.6 Å². The summed E-state index contributed by atoms with van der Waals surface area (Å²) in [7, 11) is 0. The van der Waals surface area contributed by atoms with Crippen molar-refractivity contribution >= 4 is 0 Å². The van der Waals surface area contributed by atoms with Crippen molar-refractivity contribution < 1.29 is 5.11 Å². The molecule has 0 aliphatic carbocycles. The van der Waals surface area contributed by atoms with E-state index in [1.54, 1.807) is 0 Å². The van der Waals surface area contributed by atoms with Crippen molar-refractivity contribution in [3.8, 4) is 0 Å². The van der Waals surface area contributed by atoms with Crippen molar-refractivity contribution in [3.05, 3.63) is 12.2 Å². The van der Waals surface area contributed by atoms with E-state index in [1.807, 2.05) is 0 Å². The van der Waals surface area contributed by atoms with E-state index in [9.17, 15) is 0 Å². The Morgan fingerprint density at radius 3 is 3.00 bits per heavy atom. The lowest BCUT2D eigenvalue weighted by molar-refractivity contribution is 0.249. The molecule has 1 atom stereocenters. The van der Waals surface area contributed by atoms with Gasteiger partial charge in [-0.15, -0.1) is 0 Å². The van der Waals surface area contributed by atoms with Crippen LogP contribution in [0.4, 0.5) is 0 Å². The minimum absolute atomic E-state index is 0.166. The number of rotatable bonds is 1. The summed E-state index contributed by atoms with van der Waals surface area (Å²) in [5.41, 5.74) is 1.14. The zero-order valence-electron chi connectivity index (χ0n) is 5.56. The van der Waals surface area contributed by atoms with E-state index in [0.29, 0.717) is 0 Å². The highest BCUT2D eigenvalue weighted by atomic mass is 16.3. The van der Waals surface area contributed by atoms with Crippen LogP contribution in [-0.4, -0.2) is 24.3 Å². The van der Waals surface area contributed by atoms with Crippen LogP contribution in [-0.2, 0) is 0 Å². The third-order valence-corrected chi connectivity index (χ3v) is 1.74. The monoisotopic (exact) mass is 127 g/mol. The molecule has 1 saturated heterocycles. The first-order chi connectivity index (χ1) is 4.34. The first-order valence-electron chi connectivity index (χ1n) is 3.36. The molecule has 1 rings (SSSR count). The second kappa shape index (κ2) is 2.99. The molecule has 1 aliphatic heterocycles. The van der Waals surface area contributed by atoms with Gasteiger partial charge in [0.2, 0.25) is 0 Å². The second-order valence-corrected chi connectivity index (χ2v) is 2.45. The summed E-state index contributed by atoms with van der Waals surface area (Å²) in [6.07, 6.45) is 2.23. The van der Waals surface area contributed by atoms with Gasteiger partial charge < -0.3 is 10.4 Å². The van der Waals surface area contributed by atoms with Crippen molar-refractivity contribution in [2.45, 2.75) is 18.9 Å². The van der Waals surface area contributed by atoms with E-state index in [2.05, 4.69) is 11.9 Å². The summed E-state index contributed by atoms with van der Waals surface area (Å²) in [6, 6.07) is 0.166. The van der Waals surface area contributed by atoms with Crippen molar-refractivity contribution in [2.24, 2.45) is 0 Å². The molecule has 0 aromatic heterocycles. The molecule has 0 aromatic rings. The van der Waals surface area contributed by atoms with Crippen molar-refractivity contribution in [3.63, 3.8) is 0 Å². The van der Waals surface area contributed by atoms with Crippen LogP contribution in [0.5, 0.6) is 0 Å². The number of hydrogen-bond acceptors (Lipinski definition) is 2. The standard InChI is InChI=1S/C7H13NO/c1-6-3-2-4-8-7(6)5-9/h7-9H,1-5H2. The summed E-state index contributed by atoms with van der Waals surface area (Å²) in [5, 5.41) is 11.9. The second-order valence-electron chi connectivity index (χ2n) is 2.45. The fraction of sp³-hybridized carbons (Fsp3) is 0.714. The van der Waals surface area contributed by atoms with E-state index in [1.165, 1.54) is 0 Å². The van der Waals surface area contributed by atoms with Gasteiger partial charge in [-0.05, 0) is 19.4 Å². The lowest BCUT2D eigenvalue weighted by Crippen LogP contribution is -2.38. The summed E-state index contributed by atoms with van der Waals surface area (Å²) in [4.78, 5) is 0. The van der Waals surface area contributed by atoms with Crippen LogP contribution in [0, 0.1) is 0 Å². The molecule has 0 spiro atoms. The fourth-order valence-electron chi connectivity index (χ4n) is 1.10. The third kappa shape index (κ3) is 1.53. The average molecular weight is 127 g/mol. The Balaban J connectivity index is 2.39. The third-order valence-electron chi connectivity index (χ3n) is 1.74. The summed E-state index contributed by atoms with van der Waals surface area (Å²) >= 11 is 0. The van der Waals surface area contributed by atoms with Crippen molar-refractivity contribution in [2.75, 3.05) is 13.2 Å². The normalized spacial score (nSPS) is 28.6. The van der Waals surface area contributed by atoms with Gasteiger partial charge in [0, 0.05) is 0 Å². The van der Waals surface area contributed by atoms with Gasteiger partial charge >= 0.3 is 0 Å². The topological polar surface area (TPSA) is 32.3 Å². The van der Waals surface area contributed by atoms with Crippen LogP contribution in [0.15, 0.2) is 12.2 Å². The Hall–Kier alpha value is -0.340. The first-order valence-corrected chi connectivity index (χ1v) is 3.36. The zero-order valence-corrected chi connectivity index (χ0v) is 5.56. The van der Waals surface area contributed by atoms with E-state index in [-0.39, 0.29) is 12.6 Å². The van der Waals surface area contributed by atoms with Crippen LogP contribution in [0.3, 0.4) is 0 Å². The molecule has 0 saturated carbocycles. The number of hydrogen-bond donors (Lipinski definition) is 2. The Kier molecular flexibility index (Phi) is 2.25. The molecule has 1 unspecified atom stereocenters. The summed E-state index contributed by atoms with van der Waals surface area (Å²) < 4.78 is 0. The van der Waals surface area contributed by atoms with E-state index in [4.69, 9.17) is 5.11 Å². The van der Waals surface area contributed by atoms with Crippen LogP contribution in [0.25, 0.3) is 0 Å². The van der Waals surface area contributed by atoms with Crippen LogP contribution >= 0.6 is 0 Å². The van der Waals surface area contributed by atoms with Gasteiger partial charge in [-0.2, -0.15) is 0 Å². The minimum Gasteiger partial charge on any atom is -0.394 e. The number of nitrogens with one attached hydrogen (secondary N) is 1. The Morgan fingerprint density at radius 1 is 1.78 bits per heavy atom. The number of aliphatic hydroxyl groups excluding tert-OH is 1. The maximum absolute atomic E-state index is 8.74. The van der Waals surface area contributed by atoms with E-state index in [0.717, 1.165) is 25.0 Å². The largest absolute Gasteiger partial charge is 0.394 e. The highest BCUT2D eigenvalue weighted by Gasteiger charge is 2.13. The van der Waals surface area contributed by atoms with Crippen LogP contribution in [0.2, 0.25) is 0 Å². The molecule has 2 heteroatoms. The molecule has 0 bridgehead atoms. The molecular weight excluding hydrogens is 114 g/mol. The predicted octanol–water partition coefficient (Wildman–Crippen LogP) is 0.287. The van der Waals surface area contributed by atoms with Gasteiger partial charge in [-0.25, -0.2) is 0 Å². The quantitative estimate of drug-likeness (QED) is 0.496. The predicted molar refractivity (Wildman–Crippen MR) is 37.3 cm³/mol. The van der Waals surface area contributed by atoms with Crippen molar-refractivity contribution in [1.29, 1.82) is 0 Å². The maximum atomic E-state index is 8.74. The fourth-order valence-corrected chi connectivity index (χ4v) is 1.10. The van der Waals surface area contributed by atoms with Gasteiger partial charge in [0.1, 0.15) is 0 Å². The van der Waals surface area contributed by atoms with Gasteiger partial charge in [-0.1, -0.05) is 12.2 Å². The van der Waals surface area contributed by atoms with E-state index < -0.39 is 0 Å². The molecule has 2 nitrogen and oxygen atoms in total. The lowest BCUT2D eigenvalue weighted by atomic mass is 10.0. The highest BCUT2D eigenvalue weighted by molar-refractivity contribution is 5.07. The molecule has 1 aliphatic rings. The minimum atomic E-state index is 0.166. The van der Waals surface area contributed by atoms with Gasteiger partial charge in [-0.3, -0.25) is 0 Å². The molecule has 0 amide bonds. The first kappa shape index (κ1) is 6.78. The molecule has 1 heterocycles. The Morgan fingerprint density at radius 2 is 2.56 bits per heavy atom. The number of piperidine rings is 1. The summed E-state index contributed by atoms with van der Waals surface area (Å²) in [6.45, 7) is 5.06. The van der Waals surface area contributed by atoms with Crippen LogP contribution < -0.4 is 5.32 Å². The molecule has 0 aromatic carbocycles. The van der Waals surface area contributed by atoms with Crippen molar-refractivity contribution in [1.82, 2.24) is 5.32 Å². The summed E-state index contributed by atoms with van der Waals surface area (Å²) in [5.74, 6) is 0. The zero-order chi connectivity index (χ0) is 6.69. The molecule has 1 fully saturated rings. The van der Waals surface area contributed by atoms with Gasteiger partial charge in [0.15, 0.2) is 0 Å². The molecular formula is C7H13NO. The molecule has 0 radical (unpaired) electrons. The van der Waals surface area contributed by atoms with E-state index >= 15 is 0 Å². The average Bonchev–Trinajstić information content (AvgIpc) is 1.89. The SMILES string of the molecule is C=C1CCCNC1CO.